The topological polar surface area (TPSA) is 49.9 Å². The fraction of sp³-hybridized carbons (Fsp3) is 1.00. The minimum Gasteiger partial charge on any atom is -0.370 e. The number of alkyl halides is 1. The average molecular weight is 325 g/mol. The van der Waals surface area contributed by atoms with E-state index in [4.69, 9.17) is 16.3 Å². The zero-order chi connectivity index (χ0) is 15.0. The fourth-order valence-electron chi connectivity index (χ4n) is 3.03. The summed E-state index contributed by atoms with van der Waals surface area (Å²) in [6.45, 7) is 7.78. The Hall–Kier alpha value is 0.120. The van der Waals surface area contributed by atoms with Crippen LogP contribution in [0.4, 0.5) is 0 Å². The molecule has 0 radical (unpaired) electrons. The SMILES string of the molecule is CC1CN(S(=O)(=O)N2CCC(CCl)CC2)CC(C)(C)O1. The van der Waals surface area contributed by atoms with E-state index < -0.39 is 15.8 Å². The Morgan fingerprint density at radius 2 is 1.85 bits per heavy atom. The van der Waals surface area contributed by atoms with E-state index in [1.165, 1.54) is 0 Å². The maximum Gasteiger partial charge on any atom is 0.282 e. The standard InChI is InChI=1S/C13H25ClN2O3S/c1-11-9-16(10-13(2,3)19-11)20(17,18)15-6-4-12(8-14)5-7-15/h11-12H,4-10H2,1-3H3. The summed E-state index contributed by atoms with van der Waals surface area (Å²) in [7, 11) is -3.38. The summed E-state index contributed by atoms with van der Waals surface area (Å²) in [5, 5.41) is 0. The van der Waals surface area contributed by atoms with Gasteiger partial charge in [0, 0.05) is 32.1 Å². The molecule has 1 unspecified atom stereocenters. The van der Waals surface area contributed by atoms with Crippen molar-refractivity contribution in [3.8, 4) is 0 Å². The van der Waals surface area contributed by atoms with E-state index in [0.717, 1.165) is 12.8 Å². The van der Waals surface area contributed by atoms with Gasteiger partial charge < -0.3 is 4.74 Å². The van der Waals surface area contributed by atoms with Gasteiger partial charge in [0.2, 0.25) is 0 Å². The van der Waals surface area contributed by atoms with Crippen LogP contribution in [0.3, 0.4) is 0 Å². The second-order valence-electron chi connectivity index (χ2n) is 6.49. The Morgan fingerprint density at radius 3 is 2.35 bits per heavy atom. The summed E-state index contributed by atoms with van der Waals surface area (Å²) in [4.78, 5) is 0. The molecule has 0 saturated carbocycles. The summed E-state index contributed by atoms with van der Waals surface area (Å²) >= 11 is 5.85. The Balaban J connectivity index is 2.06. The lowest BCUT2D eigenvalue weighted by Crippen LogP contribution is -2.57. The van der Waals surface area contributed by atoms with Gasteiger partial charge in [0.1, 0.15) is 0 Å². The van der Waals surface area contributed by atoms with Crippen molar-refractivity contribution in [2.24, 2.45) is 5.92 Å². The van der Waals surface area contributed by atoms with Gasteiger partial charge in [-0.2, -0.15) is 17.0 Å². The van der Waals surface area contributed by atoms with Crippen LogP contribution in [0, 0.1) is 5.92 Å². The molecule has 2 rings (SSSR count). The fourth-order valence-corrected chi connectivity index (χ4v) is 5.21. The van der Waals surface area contributed by atoms with E-state index >= 15 is 0 Å². The highest BCUT2D eigenvalue weighted by Gasteiger charge is 2.40. The molecule has 5 nitrogen and oxygen atoms in total. The van der Waals surface area contributed by atoms with Gasteiger partial charge in [-0.3, -0.25) is 0 Å². The summed E-state index contributed by atoms with van der Waals surface area (Å²) in [6.07, 6.45) is 1.63. The molecule has 0 bridgehead atoms. The second-order valence-corrected chi connectivity index (χ2v) is 8.72. The molecular formula is C13H25ClN2O3S. The van der Waals surface area contributed by atoms with E-state index in [1.54, 1.807) is 8.61 Å². The normalized spacial score (nSPS) is 30.5. The number of halogens is 1. The van der Waals surface area contributed by atoms with Gasteiger partial charge in [0.15, 0.2) is 0 Å². The highest BCUT2D eigenvalue weighted by Crippen LogP contribution is 2.27. The third-order valence-electron chi connectivity index (χ3n) is 3.98. The molecule has 0 aliphatic carbocycles. The van der Waals surface area contributed by atoms with Gasteiger partial charge in [0.05, 0.1) is 11.7 Å². The van der Waals surface area contributed by atoms with E-state index in [0.29, 0.717) is 38.0 Å². The first-order valence-electron chi connectivity index (χ1n) is 7.23. The Kier molecular flexibility index (Phi) is 5.02. The molecule has 7 heteroatoms. The van der Waals surface area contributed by atoms with Gasteiger partial charge in [-0.25, -0.2) is 0 Å². The molecule has 20 heavy (non-hydrogen) atoms. The Labute approximate surface area is 127 Å². The van der Waals surface area contributed by atoms with Crippen LogP contribution in [-0.4, -0.2) is 60.8 Å². The third-order valence-corrected chi connectivity index (χ3v) is 6.37. The summed E-state index contributed by atoms with van der Waals surface area (Å²) < 4.78 is 34.4. The van der Waals surface area contributed by atoms with E-state index in [2.05, 4.69) is 0 Å². The molecule has 2 aliphatic heterocycles. The van der Waals surface area contributed by atoms with Crippen LogP contribution in [0.25, 0.3) is 0 Å². The predicted molar refractivity (Wildman–Crippen MR) is 80.1 cm³/mol. The number of piperidine rings is 1. The van der Waals surface area contributed by atoms with Crippen molar-refractivity contribution in [3.05, 3.63) is 0 Å². The van der Waals surface area contributed by atoms with Crippen LogP contribution < -0.4 is 0 Å². The number of rotatable bonds is 3. The lowest BCUT2D eigenvalue weighted by atomic mass is 10.0. The van der Waals surface area contributed by atoms with Gasteiger partial charge in [-0.05, 0) is 39.5 Å². The smallest absolute Gasteiger partial charge is 0.282 e. The first kappa shape index (κ1) is 16.5. The number of hydrogen-bond acceptors (Lipinski definition) is 3. The van der Waals surface area contributed by atoms with Crippen LogP contribution in [0.15, 0.2) is 0 Å². The van der Waals surface area contributed by atoms with Crippen LogP contribution >= 0.6 is 11.6 Å². The molecule has 0 amide bonds. The van der Waals surface area contributed by atoms with Gasteiger partial charge in [0.25, 0.3) is 10.2 Å². The van der Waals surface area contributed by atoms with Crippen molar-refractivity contribution in [2.45, 2.75) is 45.3 Å². The molecule has 0 aromatic rings. The molecule has 118 valence electrons. The van der Waals surface area contributed by atoms with Crippen molar-refractivity contribution in [1.29, 1.82) is 0 Å². The van der Waals surface area contributed by atoms with Crippen molar-refractivity contribution in [3.63, 3.8) is 0 Å². The van der Waals surface area contributed by atoms with Crippen molar-refractivity contribution in [1.82, 2.24) is 8.61 Å². The first-order chi connectivity index (χ1) is 9.24. The Bertz CT molecular complexity index is 433. The highest BCUT2D eigenvalue weighted by molar-refractivity contribution is 7.86. The summed E-state index contributed by atoms with van der Waals surface area (Å²) in [6, 6.07) is 0. The van der Waals surface area contributed by atoms with Gasteiger partial charge in [-0.1, -0.05) is 0 Å². The number of morpholine rings is 1. The van der Waals surface area contributed by atoms with Crippen molar-refractivity contribution < 1.29 is 13.2 Å². The molecule has 0 spiro atoms. The molecule has 2 aliphatic rings. The van der Waals surface area contributed by atoms with E-state index in [-0.39, 0.29) is 6.10 Å². The largest absolute Gasteiger partial charge is 0.370 e. The lowest BCUT2D eigenvalue weighted by Gasteiger charge is -2.43. The monoisotopic (exact) mass is 324 g/mol. The number of hydrogen-bond donors (Lipinski definition) is 0. The van der Waals surface area contributed by atoms with Crippen LogP contribution in [0.5, 0.6) is 0 Å². The molecule has 0 aromatic carbocycles. The Morgan fingerprint density at radius 1 is 1.25 bits per heavy atom. The van der Waals surface area contributed by atoms with Crippen molar-refractivity contribution in [2.75, 3.05) is 32.1 Å². The van der Waals surface area contributed by atoms with Crippen molar-refractivity contribution >= 4 is 21.8 Å². The minimum absolute atomic E-state index is 0.0751. The highest BCUT2D eigenvalue weighted by atomic mass is 35.5. The second kappa shape index (κ2) is 6.08. The zero-order valence-corrected chi connectivity index (χ0v) is 14.1. The van der Waals surface area contributed by atoms with E-state index in [9.17, 15) is 8.42 Å². The minimum atomic E-state index is -3.38. The zero-order valence-electron chi connectivity index (χ0n) is 12.5. The quantitative estimate of drug-likeness (QED) is 0.742. The molecule has 2 fully saturated rings. The number of nitrogens with zero attached hydrogens (tertiary/aromatic N) is 2. The van der Waals surface area contributed by atoms with Gasteiger partial charge >= 0.3 is 0 Å². The summed E-state index contributed by atoms with van der Waals surface area (Å²) in [5.74, 6) is 1.07. The van der Waals surface area contributed by atoms with Crippen LogP contribution in [-0.2, 0) is 14.9 Å². The van der Waals surface area contributed by atoms with Gasteiger partial charge in [-0.15, -0.1) is 11.6 Å². The first-order valence-corrected chi connectivity index (χ1v) is 9.17. The summed E-state index contributed by atoms with van der Waals surface area (Å²) in [5.41, 5.74) is -0.431. The maximum absolute atomic E-state index is 12.7. The molecule has 0 aromatic heterocycles. The maximum atomic E-state index is 12.7. The van der Waals surface area contributed by atoms with Crippen LogP contribution in [0.2, 0.25) is 0 Å². The molecule has 1 atom stereocenters. The van der Waals surface area contributed by atoms with E-state index in [1.807, 2.05) is 20.8 Å². The molecule has 0 N–H and O–H groups in total. The molecule has 2 saturated heterocycles. The molecule has 2 heterocycles. The molecular weight excluding hydrogens is 300 g/mol. The average Bonchev–Trinajstić information content (AvgIpc) is 2.36. The number of ether oxygens (including phenoxy) is 1. The predicted octanol–water partition coefficient (Wildman–Crippen LogP) is 1.68. The third kappa shape index (κ3) is 3.65. The van der Waals surface area contributed by atoms with Crippen LogP contribution in [0.1, 0.15) is 33.6 Å². The lowest BCUT2D eigenvalue weighted by molar-refractivity contribution is -0.110.